The van der Waals surface area contributed by atoms with Gasteiger partial charge in [0.15, 0.2) is 5.65 Å². The van der Waals surface area contributed by atoms with Crippen molar-refractivity contribution in [2.24, 2.45) is 0 Å². The van der Waals surface area contributed by atoms with Gasteiger partial charge in [-0.2, -0.15) is 0 Å². The number of sulfonamides is 1. The maximum absolute atomic E-state index is 12.8. The van der Waals surface area contributed by atoms with E-state index < -0.39 is 15.9 Å². The van der Waals surface area contributed by atoms with E-state index in [2.05, 4.69) is 20.0 Å². The van der Waals surface area contributed by atoms with E-state index in [-0.39, 0.29) is 10.6 Å². The number of hydrogen-bond acceptors (Lipinski definition) is 6. The Balaban J connectivity index is 1.63. The van der Waals surface area contributed by atoms with Gasteiger partial charge < -0.3 is 9.88 Å². The van der Waals surface area contributed by atoms with E-state index in [0.29, 0.717) is 28.6 Å². The SMILES string of the molecule is CCNc1ccc(Cn2c(C)nc3ccc(C(=O)NS(=O)(=O)c4ccc(C)cc4)nc32)c(Cl)c1. The monoisotopic (exact) mass is 497 g/mol. The number of aromatic nitrogens is 3. The second-order valence-corrected chi connectivity index (χ2v) is 9.96. The molecule has 0 unspecified atom stereocenters. The molecule has 0 atom stereocenters. The number of anilines is 1. The van der Waals surface area contributed by atoms with Gasteiger partial charge in [-0.1, -0.05) is 35.4 Å². The third-order valence-electron chi connectivity index (χ3n) is 5.34. The predicted octanol–water partition coefficient (Wildman–Crippen LogP) is 4.30. The summed E-state index contributed by atoms with van der Waals surface area (Å²) < 4.78 is 29.2. The lowest BCUT2D eigenvalue weighted by Crippen LogP contribution is -2.31. The number of amides is 1. The number of carbonyl (C=O) groups excluding carboxylic acids is 1. The number of aryl methyl sites for hydroxylation is 2. The molecule has 8 nitrogen and oxygen atoms in total. The van der Waals surface area contributed by atoms with Crippen molar-refractivity contribution in [3.63, 3.8) is 0 Å². The van der Waals surface area contributed by atoms with Crippen LogP contribution >= 0.6 is 11.6 Å². The van der Waals surface area contributed by atoms with Crippen LogP contribution in [0.5, 0.6) is 0 Å². The van der Waals surface area contributed by atoms with Crippen LogP contribution in [0.4, 0.5) is 5.69 Å². The summed E-state index contributed by atoms with van der Waals surface area (Å²) in [5, 5.41) is 3.81. The van der Waals surface area contributed by atoms with E-state index in [0.717, 1.165) is 23.4 Å². The first kappa shape index (κ1) is 23.7. The van der Waals surface area contributed by atoms with Gasteiger partial charge in [-0.3, -0.25) is 4.79 Å². The molecule has 2 heterocycles. The van der Waals surface area contributed by atoms with Crippen molar-refractivity contribution in [2.45, 2.75) is 32.2 Å². The van der Waals surface area contributed by atoms with Crippen molar-refractivity contribution in [2.75, 3.05) is 11.9 Å². The van der Waals surface area contributed by atoms with E-state index in [1.165, 1.54) is 18.2 Å². The Labute approximate surface area is 203 Å². The van der Waals surface area contributed by atoms with Crippen molar-refractivity contribution >= 4 is 44.4 Å². The van der Waals surface area contributed by atoms with Crippen LogP contribution in [0.3, 0.4) is 0 Å². The first-order chi connectivity index (χ1) is 16.2. The van der Waals surface area contributed by atoms with Gasteiger partial charge >= 0.3 is 0 Å². The number of halogens is 1. The third-order valence-corrected chi connectivity index (χ3v) is 7.04. The largest absolute Gasteiger partial charge is 0.385 e. The lowest BCUT2D eigenvalue weighted by Gasteiger charge is -2.11. The predicted molar refractivity (Wildman–Crippen MR) is 133 cm³/mol. The van der Waals surface area contributed by atoms with Crippen LogP contribution in [0.15, 0.2) is 59.5 Å². The van der Waals surface area contributed by atoms with Crippen LogP contribution in [0, 0.1) is 13.8 Å². The van der Waals surface area contributed by atoms with Gasteiger partial charge in [-0.15, -0.1) is 0 Å². The van der Waals surface area contributed by atoms with Gasteiger partial charge in [-0.25, -0.2) is 23.1 Å². The fraction of sp³-hybridized carbons (Fsp3) is 0.208. The number of hydrogen-bond donors (Lipinski definition) is 2. The summed E-state index contributed by atoms with van der Waals surface area (Å²) in [7, 11) is -4.03. The highest BCUT2D eigenvalue weighted by molar-refractivity contribution is 7.90. The third kappa shape index (κ3) is 4.90. The summed E-state index contributed by atoms with van der Waals surface area (Å²) in [5.41, 5.74) is 3.73. The molecule has 4 rings (SSSR count). The van der Waals surface area contributed by atoms with Gasteiger partial charge in [0.25, 0.3) is 15.9 Å². The van der Waals surface area contributed by atoms with Crippen molar-refractivity contribution in [1.82, 2.24) is 19.3 Å². The van der Waals surface area contributed by atoms with Crippen molar-refractivity contribution in [3.05, 3.63) is 82.3 Å². The number of nitrogens with one attached hydrogen (secondary N) is 2. The number of pyridine rings is 1. The van der Waals surface area contributed by atoms with Crippen LogP contribution < -0.4 is 10.0 Å². The number of carbonyl (C=O) groups is 1. The van der Waals surface area contributed by atoms with E-state index in [9.17, 15) is 13.2 Å². The molecular formula is C24H24ClN5O3S. The smallest absolute Gasteiger partial charge is 0.283 e. The number of nitrogens with zero attached hydrogens (tertiary/aromatic N) is 3. The van der Waals surface area contributed by atoms with Crippen LogP contribution in [0.2, 0.25) is 5.02 Å². The molecule has 0 aliphatic carbocycles. The van der Waals surface area contributed by atoms with Gasteiger partial charge in [0, 0.05) is 17.3 Å². The van der Waals surface area contributed by atoms with E-state index >= 15 is 0 Å². The highest BCUT2D eigenvalue weighted by Gasteiger charge is 2.21. The Hall–Kier alpha value is -3.43. The minimum absolute atomic E-state index is 0.00376. The quantitative estimate of drug-likeness (QED) is 0.394. The fourth-order valence-corrected chi connectivity index (χ4v) is 4.74. The topological polar surface area (TPSA) is 106 Å². The molecule has 2 aromatic carbocycles. The van der Waals surface area contributed by atoms with Crippen LogP contribution in [0.25, 0.3) is 11.2 Å². The molecule has 4 aromatic rings. The zero-order valence-corrected chi connectivity index (χ0v) is 20.5. The first-order valence-electron chi connectivity index (χ1n) is 10.7. The Morgan fingerprint density at radius 1 is 1.03 bits per heavy atom. The summed E-state index contributed by atoms with van der Waals surface area (Å²) in [5.74, 6) is -0.125. The average Bonchev–Trinajstić information content (AvgIpc) is 3.10. The van der Waals surface area contributed by atoms with E-state index in [1.807, 2.05) is 43.5 Å². The Bertz CT molecular complexity index is 1480. The van der Waals surface area contributed by atoms with E-state index in [4.69, 9.17) is 11.6 Å². The molecule has 1 amide bonds. The molecule has 10 heteroatoms. The molecule has 0 aliphatic heterocycles. The normalized spacial score (nSPS) is 11.5. The van der Waals surface area contributed by atoms with Crippen molar-refractivity contribution in [3.8, 4) is 0 Å². The molecule has 0 fully saturated rings. The van der Waals surface area contributed by atoms with Crippen molar-refractivity contribution < 1.29 is 13.2 Å². The molecular weight excluding hydrogens is 474 g/mol. The first-order valence-corrected chi connectivity index (χ1v) is 12.5. The molecule has 0 saturated heterocycles. The average molecular weight is 498 g/mol. The Morgan fingerprint density at radius 2 is 1.76 bits per heavy atom. The minimum atomic E-state index is -4.03. The molecule has 176 valence electrons. The lowest BCUT2D eigenvalue weighted by atomic mass is 10.2. The molecule has 0 aliphatic rings. The summed E-state index contributed by atoms with van der Waals surface area (Å²) in [4.78, 5) is 21.7. The van der Waals surface area contributed by atoms with Gasteiger partial charge in [0.2, 0.25) is 0 Å². The zero-order chi connectivity index (χ0) is 24.5. The molecule has 0 radical (unpaired) electrons. The number of fused-ring (bicyclic) bond motifs is 1. The maximum Gasteiger partial charge on any atom is 0.283 e. The number of rotatable bonds is 7. The zero-order valence-electron chi connectivity index (χ0n) is 19.0. The standard InChI is InChI=1S/C24H24ClN5O3S/c1-4-26-18-8-7-17(20(25)13-18)14-30-16(3)27-21-11-12-22(28-23(21)30)24(31)29-34(32,33)19-9-5-15(2)6-10-19/h5-13,26H,4,14H2,1-3H3,(H,29,31). The minimum Gasteiger partial charge on any atom is -0.385 e. The van der Waals surface area contributed by atoms with Crippen molar-refractivity contribution in [1.29, 1.82) is 0 Å². The Morgan fingerprint density at radius 3 is 2.44 bits per heavy atom. The molecule has 34 heavy (non-hydrogen) atoms. The van der Waals surface area contributed by atoms with Crippen LogP contribution in [0.1, 0.15) is 34.4 Å². The molecule has 2 aromatic heterocycles. The summed E-state index contributed by atoms with van der Waals surface area (Å²) in [6.45, 7) is 6.88. The molecule has 0 saturated carbocycles. The maximum atomic E-state index is 12.8. The van der Waals surface area contributed by atoms with E-state index in [1.54, 1.807) is 18.2 Å². The number of imidazole rings is 1. The van der Waals surface area contributed by atoms with Gasteiger partial charge in [0.05, 0.1) is 11.4 Å². The second kappa shape index (κ2) is 9.44. The summed E-state index contributed by atoms with van der Waals surface area (Å²) in [6, 6.07) is 15.1. The second-order valence-electron chi connectivity index (χ2n) is 7.87. The summed E-state index contributed by atoms with van der Waals surface area (Å²) >= 11 is 6.48. The fourth-order valence-electron chi connectivity index (χ4n) is 3.54. The highest BCUT2D eigenvalue weighted by Crippen LogP contribution is 2.24. The van der Waals surface area contributed by atoms with Crippen LogP contribution in [-0.2, 0) is 16.6 Å². The molecule has 0 spiro atoms. The Kier molecular flexibility index (Phi) is 6.58. The van der Waals surface area contributed by atoms with Crippen LogP contribution in [-0.4, -0.2) is 35.4 Å². The summed E-state index contributed by atoms with van der Waals surface area (Å²) in [6.07, 6.45) is 0. The molecule has 2 N–H and O–H groups in total. The number of benzene rings is 2. The van der Waals surface area contributed by atoms with Gasteiger partial charge in [-0.05, 0) is 62.7 Å². The molecule has 0 bridgehead atoms. The lowest BCUT2D eigenvalue weighted by molar-refractivity contribution is 0.0977. The van der Waals surface area contributed by atoms with Gasteiger partial charge in [0.1, 0.15) is 17.0 Å². The highest BCUT2D eigenvalue weighted by atomic mass is 35.5.